The lowest BCUT2D eigenvalue weighted by molar-refractivity contribution is 0.426. The van der Waals surface area contributed by atoms with Crippen LogP contribution in [0, 0.1) is 11.3 Å². The van der Waals surface area contributed by atoms with Crippen LogP contribution in [0.1, 0.15) is 12.5 Å². The zero-order valence-electron chi connectivity index (χ0n) is 9.63. The van der Waals surface area contributed by atoms with E-state index in [1.54, 1.807) is 37.3 Å². The van der Waals surface area contributed by atoms with Crippen molar-refractivity contribution >= 4 is 15.7 Å². The number of nitrogens with two attached hydrogens (primary N) is 1. The van der Waals surface area contributed by atoms with Crippen LogP contribution in [0.5, 0.6) is 0 Å². The van der Waals surface area contributed by atoms with Crippen molar-refractivity contribution in [3.05, 3.63) is 29.8 Å². The summed E-state index contributed by atoms with van der Waals surface area (Å²) in [5.41, 5.74) is 7.03. The molecule has 0 fully saturated rings. The number of rotatable bonds is 5. The van der Waals surface area contributed by atoms with Crippen LogP contribution in [0.3, 0.4) is 0 Å². The lowest BCUT2D eigenvalue weighted by atomic mass is 10.2. The number of hydrogen-bond acceptors (Lipinski definition) is 4. The molecule has 0 aromatic heterocycles. The van der Waals surface area contributed by atoms with Crippen molar-refractivity contribution in [2.45, 2.75) is 13.5 Å². The molecule has 0 aliphatic rings. The first-order valence-electron chi connectivity index (χ1n) is 5.18. The van der Waals surface area contributed by atoms with Crippen molar-refractivity contribution in [3.8, 4) is 6.07 Å². The molecule has 1 aromatic rings. The van der Waals surface area contributed by atoms with Gasteiger partial charge in [-0.05, 0) is 17.7 Å². The first-order chi connectivity index (χ1) is 7.99. The van der Waals surface area contributed by atoms with Crippen molar-refractivity contribution in [1.29, 1.82) is 5.26 Å². The van der Waals surface area contributed by atoms with Crippen molar-refractivity contribution in [1.82, 2.24) is 4.31 Å². The van der Waals surface area contributed by atoms with E-state index in [2.05, 4.69) is 0 Å². The molecule has 2 N–H and O–H groups in total. The molecular formula is C11H15N3O2S. The van der Waals surface area contributed by atoms with E-state index in [4.69, 9.17) is 11.0 Å². The molecule has 0 aliphatic heterocycles. The Bertz CT molecular complexity index is 520. The normalized spacial score (nSPS) is 11.4. The van der Waals surface area contributed by atoms with Crippen LogP contribution in [-0.2, 0) is 16.6 Å². The standard InChI is InChI=1S/C11H15N3O2S/c1-2-14(17(15,16)7-6-12)9-10-4-3-5-11(13)8-10/h3-5,8H,2,7,9,13H2,1H3. The van der Waals surface area contributed by atoms with Gasteiger partial charge in [-0.1, -0.05) is 19.1 Å². The zero-order valence-corrected chi connectivity index (χ0v) is 10.4. The molecule has 0 spiro atoms. The maximum atomic E-state index is 11.7. The summed E-state index contributed by atoms with van der Waals surface area (Å²) in [6.45, 7) is 2.31. The topological polar surface area (TPSA) is 87.2 Å². The van der Waals surface area contributed by atoms with E-state index in [0.717, 1.165) is 5.56 Å². The Labute approximate surface area is 102 Å². The van der Waals surface area contributed by atoms with E-state index in [1.807, 2.05) is 0 Å². The molecule has 92 valence electrons. The summed E-state index contributed by atoms with van der Waals surface area (Å²) in [5, 5.41) is 8.48. The van der Waals surface area contributed by atoms with Gasteiger partial charge in [0.1, 0.15) is 0 Å². The van der Waals surface area contributed by atoms with Crippen LogP contribution in [0.15, 0.2) is 24.3 Å². The highest BCUT2D eigenvalue weighted by atomic mass is 32.2. The smallest absolute Gasteiger partial charge is 0.227 e. The minimum Gasteiger partial charge on any atom is -0.399 e. The Hall–Kier alpha value is -1.58. The zero-order chi connectivity index (χ0) is 12.9. The third kappa shape index (κ3) is 3.73. The first kappa shape index (κ1) is 13.5. The van der Waals surface area contributed by atoms with Crippen molar-refractivity contribution in [2.24, 2.45) is 0 Å². The van der Waals surface area contributed by atoms with Gasteiger partial charge < -0.3 is 5.73 Å². The maximum Gasteiger partial charge on any atom is 0.227 e. The molecule has 0 saturated heterocycles. The molecule has 0 amide bonds. The van der Waals surface area contributed by atoms with Gasteiger partial charge in [0.15, 0.2) is 5.75 Å². The van der Waals surface area contributed by atoms with E-state index in [1.165, 1.54) is 4.31 Å². The van der Waals surface area contributed by atoms with E-state index in [0.29, 0.717) is 12.2 Å². The van der Waals surface area contributed by atoms with E-state index < -0.39 is 15.8 Å². The minimum absolute atomic E-state index is 0.242. The third-order valence-electron chi connectivity index (χ3n) is 2.30. The molecule has 0 heterocycles. The average molecular weight is 253 g/mol. The SMILES string of the molecule is CCN(Cc1cccc(N)c1)S(=O)(=O)CC#N. The highest BCUT2D eigenvalue weighted by molar-refractivity contribution is 7.89. The van der Waals surface area contributed by atoms with Crippen LogP contribution < -0.4 is 5.73 Å². The van der Waals surface area contributed by atoms with E-state index >= 15 is 0 Å². The van der Waals surface area contributed by atoms with Crippen LogP contribution in [0.2, 0.25) is 0 Å². The second-order valence-corrected chi connectivity index (χ2v) is 5.55. The summed E-state index contributed by atoms with van der Waals surface area (Å²) >= 11 is 0. The third-order valence-corrected chi connectivity index (χ3v) is 3.97. The average Bonchev–Trinajstić information content (AvgIpc) is 2.25. The summed E-state index contributed by atoms with van der Waals surface area (Å²) in [6, 6.07) is 8.71. The van der Waals surface area contributed by atoms with Crippen molar-refractivity contribution in [2.75, 3.05) is 18.0 Å². The molecule has 5 nitrogen and oxygen atoms in total. The second-order valence-electron chi connectivity index (χ2n) is 3.59. The van der Waals surface area contributed by atoms with Gasteiger partial charge in [0.25, 0.3) is 0 Å². The Morgan fingerprint density at radius 2 is 2.18 bits per heavy atom. The van der Waals surface area contributed by atoms with Gasteiger partial charge >= 0.3 is 0 Å². The van der Waals surface area contributed by atoms with Gasteiger partial charge in [-0.15, -0.1) is 0 Å². The van der Waals surface area contributed by atoms with Gasteiger partial charge in [0.2, 0.25) is 10.0 Å². The number of nitrogen functional groups attached to an aromatic ring is 1. The fourth-order valence-corrected chi connectivity index (χ4v) is 2.56. The Morgan fingerprint density at radius 1 is 1.47 bits per heavy atom. The number of hydrogen-bond donors (Lipinski definition) is 1. The first-order valence-corrected chi connectivity index (χ1v) is 6.79. The molecular weight excluding hydrogens is 238 g/mol. The fraction of sp³-hybridized carbons (Fsp3) is 0.364. The number of sulfonamides is 1. The molecule has 6 heteroatoms. The van der Waals surface area contributed by atoms with Crippen molar-refractivity contribution < 1.29 is 8.42 Å². The van der Waals surface area contributed by atoms with Gasteiger partial charge in [0, 0.05) is 18.8 Å². The number of nitriles is 1. The van der Waals surface area contributed by atoms with Crippen LogP contribution in [-0.4, -0.2) is 25.0 Å². The molecule has 0 atom stereocenters. The molecule has 0 unspecified atom stereocenters. The highest BCUT2D eigenvalue weighted by Gasteiger charge is 2.20. The minimum atomic E-state index is -3.50. The summed E-state index contributed by atoms with van der Waals surface area (Å²) < 4.78 is 24.7. The van der Waals surface area contributed by atoms with Crippen molar-refractivity contribution in [3.63, 3.8) is 0 Å². The quantitative estimate of drug-likeness (QED) is 0.791. The maximum absolute atomic E-state index is 11.7. The van der Waals surface area contributed by atoms with Gasteiger partial charge in [-0.2, -0.15) is 9.57 Å². The largest absolute Gasteiger partial charge is 0.399 e. The lowest BCUT2D eigenvalue weighted by Gasteiger charge is -2.18. The molecule has 0 bridgehead atoms. The highest BCUT2D eigenvalue weighted by Crippen LogP contribution is 2.12. The van der Waals surface area contributed by atoms with Gasteiger partial charge in [-0.3, -0.25) is 0 Å². The second kappa shape index (κ2) is 5.66. The lowest BCUT2D eigenvalue weighted by Crippen LogP contribution is -2.32. The number of nitrogens with zero attached hydrogens (tertiary/aromatic N) is 2. The monoisotopic (exact) mass is 253 g/mol. The van der Waals surface area contributed by atoms with Gasteiger partial charge in [-0.25, -0.2) is 8.42 Å². The Kier molecular flexibility index (Phi) is 4.49. The summed E-state index contributed by atoms with van der Waals surface area (Å²) in [4.78, 5) is 0. The molecule has 1 rings (SSSR count). The number of anilines is 1. The summed E-state index contributed by atoms with van der Waals surface area (Å²) in [7, 11) is -3.50. The van der Waals surface area contributed by atoms with Crippen LogP contribution in [0.25, 0.3) is 0 Å². The molecule has 0 saturated carbocycles. The van der Waals surface area contributed by atoms with E-state index in [9.17, 15) is 8.42 Å². The predicted molar refractivity (Wildman–Crippen MR) is 66.3 cm³/mol. The Balaban J connectivity index is 2.88. The number of benzene rings is 1. The Morgan fingerprint density at radius 3 is 2.71 bits per heavy atom. The van der Waals surface area contributed by atoms with Gasteiger partial charge in [0.05, 0.1) is 6.07 Å². The van der Waals surface area contributed by atoms with Crippen LogP contribution in [0.4, 0.5) is 5.69 Å². The van der Waals surface area contributed by atoms with Crippen LogP contribution >= 0.6 is 0 Å². The molecule has 17 heavy (non-hydrogen) atoms. The molecule has 0 radical (unpaired) electrons. The molecule has 1 aromatic carbocycles. The predicted octanol–water partition coefficient (Wildman–Crippen LogP) is 0.944. The molecule has 0 aliphatic carbocycles. The van der Waals surface area contributed by atoms with E-state index in [-0.39, 0.29) is 6.54 Å². The summed E-state index contributed by atoms with van der Waals surface area (Å²) in [5.74, 6) is -0.497. The fourth-order valence-electron chi connectivity index (χ4n) is 1.47. The summed E-state index contributed by atoms with van der Waals surface area (Å²) in [6.07, 6.45) is 0.